The van der Waals surface area contributed by atoms with Gasteiger partial charge in [-0.15, -0.1) is 0 Å². The van der Waals surface area contributed by atoms with Gasteiger partial charge in [-0.2, -0.15) is 13.2 Å². The number of carbonyl (C=O) groups excluding carboxylic acids is 1. The van der Waals surface area contributed by atoms with E-state index in [1.54, 1.807) is 21.9 Å². The number of halogens is 3. The molecule has 22 heavy (non-hydrogen) atoms. The van der Waals surface area contributed by atoms with Crippen LogP contribution in [0.25, 0.3) is 0 Å². The van der Waals surface area contributed by atoms with Crippen molar-refractivity contribution in [1.29, 1.82) is 0 Å². The first-order valence-electron chi connectivity index (χ1n) is 7.41. The zero-order valence-electron chi connectivity index (χ0n) is 13.1. The Bertz CT molecular complexity index is 547. The third-order valence-electron chi connectivity index (χ3n) is 4.06. The maximum atomic E-state index is 13.4. The lowest BCUT2D eigenvalue weighted by Crippen LogP contribution is -2.48. The quantitative estimate of drug-likeness (QED) is 0.834. The van der Waals surface area contributed by atoms with Crippen molar-refractivity contribution in [3.8, 4) is 0 Å². The fourth-order valence-corrected chi connectivity index (χ4v) is 2.68. The Balaban J connectivity index is 2.29. The summed E-state index contributed by atoms with van der Waals surface area (Å²) in [6, 6.07) is 4.56. The van der Waals surface area contributed by atoms with E-state index in [1.807, 2.05) is 13.8 Å². The van der Waals surface area contributed by atoms with E-state index in [-0.39, 0.29) is 17.5 Å². The van der Waals surface area contributed by atoms with E-state index in [1.165, 1.54) is 13.0 Å². The molecular formula is C16H21F3N2O. The molecule has 6 heteroatoms. The molecule has 0 unspecified atom stereocenters. The molecule has 0 N–H and O–H groups in total. The average Bonchev–Trinajstić information content (AvgIpc) is 2.45. The summed E-state index contributed by atoms with van der Waals surface area (Å²) in [6.45, 7) is 6.99. The van der Waals surface area contributed by atoms with Crippen LogP contribution in [0.3, 0.4) is 0 Å². The molecule has 0 spiro atoms. The molecule has 1 aliphatic rings. The summed E-state index contributed by atoms with van der Waals surface area (Å²) < 4.78 is 40.1. The maximum absolute atomic E-state index is 13.4. The summed E-state index contributed by atoms with van der Waals surface area (Å²) in [4.78, 5) is 14.7. The maximum Gasteiger partial charge on any atom is 0.418 e. The van der Waals surface area contributed by atoms with Gasteiger partial charge >= 0.3 is 6.18 Å². The van der Waals surface area contributed by atoms with Crippen molar-refractivity contribution < 1.29 is 18.0 Å². The lowest BCUT2D eigenvalue weighted by molar-refractivity contribution is -0.137. The monoisotopic (exact) mass is 314 g/mol. The molecule has 1 saturated heterocycles. The predicted molar refractivity (Wildman–Crippen MR) is 80.0 cm³/mol. The highest BCUT2D eigenvalue weighted by Crippen LogP contribution is 2.38. The van der Waals surface area contributed by atoms with Crippen LogP contribution in [0.15, 0.2) is 18.2 Å². The first-order chi connectivity index (χ1) is 10.2. The highest BCUT2D eigenvalue weighted by atomic mass is 19.4. The molecule has 0 aromatic heterocycles. The van der Waals surface area contributed by atoms with Crippen LogP contribution < -0.4 is 4.90 Å². The topological polar surface area (TPSA) is 23.6 Å². The molecule has 1 aromatic carbocycles. The first-order valence-corrected chi connectivity index (χ1v) is 7.41. The van der Waals surface area contributed by atoms with Crippen molar-refractivity contribution in [2.45, 2.75) is 32.9 Å². The lowest BCUT2D eigenvalue weighted by Gasteiger charge is -2.37. The smallest absolute Gasteiger partial charge is 0.367 e. The number of alkyl halides is 3. The second-order valence-corrected chi connectivity index (χ2v) is 5.92. The molecule has 0 aliphatic carbocycles. The van der Waals surface area contributed by atoms with Crippen LogP contribution in [0.4, 0.5) is 18.9 Å². The summed E-state index contributed by atoms with van der Waals surface area (Å²) in [5.41, 5.74) is 0.300. The largest absolute Gasteiger partial charge is 0.418 e. The highest BCUT2D eigenvalue weighted by molar-refractivity contribution is 5.73. The fraction of sp³-hybridized carbons (Fsp3) is 0.562. The molecule has 1 heterocycles. The van der Waals surface area contributed by atoms with Crippen LogP contribution in [-0.4, -0.2) is 37.0 Å². The average molecular weight is 314 g/mol. The summed E-state index contributed by atoms with van der Waals surface area (Å²) in [5.74, 6) is 0.00978. The number of hydrogen-bond donors (Lipinski definition) is 0. The van der Waals surface area contributed by atoms with E-state index < -0.39 is 11.7 Å². The zero-order valence-corrected chi connectivity index (χ0v) is 13.1. The number of benzene rings is 1. The van der Waals surface area contributed by atoms with Crippen LogP contribution >= 0.6 is 0 Å². The van der Waals surface area contributed by atoms with Crippen LogP contribution in [0.1, 0.15) is 37.8 Å². The number of rotatable bonds is 2. The van der Waals surface area contributed by atoms with Gasteiger partial charge in [-0.05, 0) is 23.6 Å². The molecule has 0 saturated carbocycles. The van der Waals surface area contributed by atoms with Gasteiger partial charge in [0, 0.05) is 38.8 Å². The van der Waals surface area contributed by atoms with E-state index in [0.29, 0.717) is 31.7 Å². The molecular weight excluding hydrogens is 293 g/mol. The summed E-state index contributed by atoms with van der Waals surface area (Å²) in [7, 11) is 0. The van der Waals surface area contributed by atoms with Crippen molar-refractivity contribution in [1.82, 2.24) is 4.90 Å². The van der Waals surface area contributed by atoms with E-state index in [0.717, 1.165) is 0 Å². The predicted octanol–water partition coefficient (Wildman–Crippen LogP) is 3.50. The number of nitrogens with zero attached hydrogens (tertiary/aromatic N) is 2. The minimum atomic E-state index is -4.38. The van der Waals surface area contributed by atoms with Gasteiger partial charge in [-0.25, -0.2) is 0 Å². The minimum Gasteiger partial charge on any atom is -0.367 e. The van der Waals surface area contributed by atoms with E-state index in [9.17, 15) is 18.0 Å². The Morgan fingerprint density at radius 2 is 1.73 bits per heavy atom. The lowest BCUT2D eigenvalue weighted by atomic mass is 9.98. The van der Waals surface area contributed by atoms with Crippen molar-refractivity contribution in [2.75, 3.05) is 31.1 Å². The molecule has 1 fully saturated rings. The Labute approximate surface area is 128 Å². The van der Waals surface area contributed by atoms with Gasteiger partial charge in [-0.1, -0.05) is 19.9 Å². The molecule has 1 aliphatic heterocycles. The molecule has 0 bridgehead atoms. The number of amides is 1. The number of piperazine rings is 1. The first kappa shape index (κ1) is 16.6. The molecule has 3 nitrogen and oxygen atoms in total. The second kappa shape index (κ2) is 6.18. The summed E-state index contributed by atoms with van der Waals surface area (Å²) >= 11 is 0. The third kappa shape index (κ3) is 3.54. The third-order valence-corrected chi connectivity index (χ3v) is 4.06. The normalized spacial score (nSPS) is 16.3. The van der Waals surface area contributed by atoms with Crippen LogP contribution in [0.5, 0.6) is 0 Å². The molecule has 2 rings (SSSR count). The van der Waals surface area contributed by atoms with E-state index >= 15 is 0 Å². The highest BCUT2D eigenvalue weighted by Gasteiger charge is 2.36. The standard InChI is InChI=1S/C16H21F3N2O/c1-11(2)13-4-5-15(14(10-13)16(17,18)19)21-8-6-20(7-9-21)12(3)22/h4-5,10-11H,6-9H2,1-3H3. The van der Waals surface area contributed by atoms with Crippen molar-refractivity contribution >= 4 is 11.6 Å². The Kier molecular flexibility index (Phi) is 4.68. The molecule has 1 amide bonds. The van der Waals surface area contributed by atoms with Crippen LogP contribution in [0, 0.1) is 0 Å². The van der Waals surface area contributed by atoms with Gasteiger partial charge in [0.05, 0.1) is 5.56 Å². The van der Waals surface area contributed by atoms with Crippen molar-refractivity contribution in [3.05, 3.63) is 29.3 Å². The van der Waals surface area contributed by atoms with E-state index in [4.69, 9.17) is 0 Å². The Morgan fingerprint density at radius 1 is 1.14 bits per heavy atom. The molecule has 0 radical (unpaired) electrons. The zero-order chi connectivity index (χ0) is 16.5. The van der Waals surface area contributed by atoms with Gasteiger partial charge in [0.1, 0.15) is 0 Å². The Morgan fingerprint density at radius 3 is 2.18 bits per heavy atom. The number of anilines is 1. The van der Waals surface area contributed by atoms with E-state index in [2.05, 4.69) is 0 Å². The molecule has 0 atom stereocenters. The minimum absolute atomic E-state index is 0.0362. The van der Waals surface area contributed by atoms with Gasteiger partial charge in [-0.3, -0.25) is 4.79 Å². The molecule has 122 valence electrons. The van der Waals surface area contributed by atoms with Gasteiger partial charge in [0.15, 0.2) is 0 Å². The SMILES string of the molecule is CC(=O)N1CCN(c2ccc(C(C)C)cc2C(F)(F)F)CC1. The van der Waals surface area contributed by atoms with Gasteiger partial charge in [0.2, 0.25) is 5.91 Å². The van der Waals surface area contributed by atoms with Crippen molar-refractivity contribution in [2.24, 2.45) is 0 Å². The van der Waals surface area contributed by atoms with Gasteiger partial charge < -0.3 is 9.80 Å². The molecule has 1 aromatic rings. The second-order valence-electron chi connectivity index (χ2n) is 5.92. The number of carbonyl (C=O) groups is 1. The number of hydrogen-bond acceptors (Lipinski definition) is 2. The summed E-state index contributed by atoms with van der Waals surface area (Å²) in [6.07, 6.45) is -4.38. The van der Waals surface area contributed by atoms with Gasteiger partial charge in [0.25, 0.3) is 0 Å². The fourth-order valence-electron chi connectivity index (χ4n) is 2.68. The Hall–Kier alpha value is -1.72. The van der Waals surface area contributed by atoms with Crippen molar-refractivity contribution in [3.63, 3.8) is 0 Å². The van der Waals surface area contributed by atoms with Crippen LogP contribution in [-0.2, 0) is 11.0 Å². The summed E-state index contributed by atoms with van der Waals surface area (Å²) in [5, 5.41) is 0. The van der Waals surface area contributed by atoms with Crippen LogP contribution in [0.2, 0.25) is 0 Å².